The van der Waals surface area contributed by atoms with Gasteiger partial charge in [-0.2, -0.15) is 0 Å². The van der Waals surface area contributed by atoms with E-state index in [1.165, 1.54) is 4.90 Å². The molecule has 0 unspecified atom stereocenters. The van der Waals surface area contributed by atoms with Crippen molar-refractivity contribution in [1.82, 2.24) is 14.7 Å². The number of carbonyl (C=O) groups is 3. The molecule has 1 aromatic rings. The predicted molar refractivity (Wildman–Crippen MR) is 94.3 cm³/mol. The molecule has 0 atom stereocenters. The van der Waals surface area contributed by atoms with Crippen LogP contribution in [-0.4, -0.2) is 71.7 Å². The van der Waals surface area contributed by atoms with E-state index < -0.39 is 0 Å². The SMILES string of the molecule is C=C(C)CN1CCN(C(=O)CCN2C(=O)c3ccccc3C2=O)CC1. The topological polar surface area (TPSA) is 60.9 Å². The van der Waals surface area contributed by atoms with Gasteiger partial charge in [-0.1, -0.05) is 24.3 Å². The highest BCUT2D eigenvalue weighted by atomic mass is 16.2. The molecule has 1 aromatic carbocycles. The van der Waals surface area contributed by atoms with Crippen LogP contribution in [0.4, 0.5) is 0 Å². The molecule has 25 heavy (non-hydrogen) atoms. The number of benzene rings is 1. The van der Waals surface area contributed by atoms with Crippen LogP contribution in [0.1, 0.15) is 34.1 Å². The Morgan fingerprint density at radius 1 is 1.04 bits per heavy atom. The molecule has 1 fully saturated rings. The molecule has 2 heterocycles. The van der Waals surface area contributed by atoms with Gasteiger partial charge in [-0.25, -0.2) is 0 Å². The zero-order chi connectivity index (χ0) is 18.0. The van der Waals surface area contributed by atoms with E-state index in [9.17, 15) is 14.4 Å². The van der Waals surface area contributed by atoms with Gasteiger partial charge in [0.25, 0.3) is 11.8 Å². The molecule has 6 heteroatoms. The molecule has 132 valence electrons. The van der Waals surface area contributed by atoms with Crippen molar-refractivity contribution in [1.29, 1.82) is 0 Å². The van der Waals surface area contributed by atoms with Gasteiger partial charge in [0.2, 0.25) is 5.91 Å². The summed E-state index contributed by atoms with van der Waals surface area (Å²) in [7, 11) is 0. The van der Waals surface area contributed by atoms with Crippen LogP contribution in [0.3, 0.4) is 0 Å². The lowest BCUT2D eigenvalue weighted by atomic mass is 10.1. The molecule has 1 saturated heterocycles. The van der Waals surface area contributed by atoms with Crippen molar-refractivity contribution in [2.45, 2.75) is 13.3 Å². The number of hydrogen-bond acceptors (Lipinski definition) is 4. The number of piperazine rings is 1. The highest BCUT2D eigenvalue weighted by molar-refractivity contribution is 6.21. The maximum Gasteiger partial charge on any atom is 0.261 e. The van der Waals surface area contributed by atoms with Crippen LogP contribution in [0, 0.1) is 0 Å². The number of fused-ring (bicyclic) bond motifs is 1. The molecule has 0 aromatic heterocycles. The van der Waals surface area contributed by atoms with Crippen molar-refractivity contribution in [3.63, 3.8) is 0 Å². The summed E-state index contributed by atoms with van der Waals surface area (Å²) in [6, 6.07) is 6.78. The van der Waals surface area contributed by atoms with Crippen LogP contribution in [0.2, 0.25) is 0 Å². The molecule has 2 aliphatic rings. The predicted octanol–water partition coefficient (Wildman–Crippen LogP) is 1.39. The molecular formula is C19H23N3O3. The summed E-state index contributed by atoms with van der Waals surface area (Å²) in [6.45, 7) is 9.91. The van der Waals surface area contributed by atoms with E-state index in [0.717, 1.165) is 25.2 Å². The molecule has 0 N–H and O–H groups in total. The standard InChI is InChI=1S/C19H23N3O3/c1-14(2)13-20-9-11-21(12-10-20)17(23)7-8-22-18(24)15-5-3-4-6-16(15)19(22)25/h3-6H,1,7-13H2,2H3. The lowest BCUT2D eigenvalue weighted by Crippen LogP contribution is -2.49. The Labute approximate surface area is 147 Å². The minimum Gasteiger partial charge on any atom is -0.340 e. The minimum absolute atomic E-state index is 0.00784. The normalized spacial score (nSPS) is 17.8. The van der Waals surface area contributed by atoms with Gasteiger partial charge in [0.05, 0.1) is 11.1 Å². The smallest absolute Gasteiger partial charge is 0.261 e. The highest BCUT2D eigenvalue weighted by Gasteiger charge is 2.35. The second-order valence-corrected chi connectivity index (χ2v) is 6.67. The fourth-order valence-electron chi connectivity index (χ4n) is 3.34. The van der Waals surface area contributed by atoms with E-state index >= 15 is 0 Å². The van der Waals surface area contributed by atoms with Gasteiger partial charge in [-0.15, -0.1) is 0 Å². The van der Waals surface area contributed by atoms with Gasteiger partial charge >= 0.3 is 0 Å². The van der Waals surface area contributed by atoms with E-state index in [1.807, 2.05) is 11.8 Å². The monoisotopic (exact) mass is 341 g/mol. The minimum atomic E-state index is -0.306. The summed E-state index contributed by atoms with van der Waals surface area (Å²) in [5.41, 5.74) is 1.96. The van der Waals surface area contributed by atoms with Crippen molar-refractivity contribution < 1.29 is 14.4 Å². The van der Waals surface area contributed by atoms with E-state index in [4.69, 9.17) is 0 Å². The van der Waals surface area contributed by atoms with E-state index in [1.54, 1.807) is 24.3 Å². The molecule has 2 aliphatic heterocycles. The Morgan fingerprint density at radius 2 is 1.60 bits per heavy atom. The summed E-state index contributed by atoms with van der Waals surface area (Å²) >= 11 is 0. The summed E-state index contributed by atoms with van der Waals surface area (Å²) in [6.07, 6.45) is 0.173. The molecule has 0 spiro atoms. The van der Waals surface area contributed by atoms with E-state index in [2.05, 4.69) is 11.5 Å². The van der Waals surface area contributed by atoms with Crippen LogP contribution >= 0.6 is 0 Å². The second kappa shape index (κ2) is 7.19. The van der Waals surface area contributed by atoms with Crippen LogP contribution in [0.5, 0.6) is 0 Å². The zero-order valence-corrected chi connectivity index (χ0v) is 14.5. The third kappa shape index (κ3) is 3.64. The van der Waals surface area contributed by atoms with Crippen molar-refractivity contribution in [3.05, 3.63) is 47.5 Å². The van der Waals surface area contributed by atoms with Gasteiger partial charge in [0, 0.05) is 45.7 Å². The van der Waals surface area contributed by atoms with Crippen molar-refractivity contribution in [3.8, 4) is 0 Å². The van der Waals surface area contributed by atoms with Crippen LogP contribution in [0.25, 0.3) is 0 Å². The van der Waals surface area contributed by atoms with Gasteiger partial charge < -0.3 is 4.90 Å². The summed E-state index contributed by atoms with van der Waals surface area (Å²) in [5, 5.41) is 0. The Bertz CT molecular complexity index is 685. The van der Waals surface area contributed by atoms with Crippen molar-refractivity contribution >= 4 is 17.7 Å². The van der Waals surface area contributed by atoms with E-state index in [0.29, 0.717) is 24.2 Å². The Hall–Kier alpha value is -2.47. The van der Waals surface area contributed by atoms with Crippen LogP contribution < -0.4 is 0 Å². The first kappa shape index (κ1) is 17.4. The van der Waals surface area contributed by atoms with Gasteiger partial charge in [-0.05, 0) is 19.1 Å². The molecule has 0 saturated carbocycles. The number of amides is 3. The fraction of sp³-hybridized carbons (Fsp3) is 0.421. The number of hydrogen-bond donors (Lipinski definition) is 0. The van der Waals surface area contributed by atoms with Gasteiger partial charge in [0.1, 0.15) is 0 Å². The average molecular weight is 341 g/mol. The zero-order valence-electron chi connectivity index (χ0n) is 14.5. The maximum atomic E-state index is 12.4. The quantitative estimate of drug-likeness (QED) is 0.600. The third-order valence-corrected chi connectivity index (χ3v) is 4.65. The number of nitrogens with zero attached hydrogens (tertiary/aromatic N) is 3. The van der Waals surface area contributed by atoms with E-state index in [-0.39, 0.29) is 30.7 Å². The van der Waals surface area contributed by atoms with Gasteiger partial charge in [0.15, 0.2) is 0 Å². The second-order valence-electron chi connectivity index (χ2n) is 6.67. The summed E-state index contributed by atoms with van der Waals surface area (Å²) in [5.74, 6) is -0.620. The Kier molecular flexibility index (Phi) is 4.99. The molecule has 3 amide bonds. The molecule has 0 bridgehead atoms. The molecular weight excluding hydrogens is 318 g/mol. The highest BCUT2D eigenvalue weighted by Crippen LogP contribution is 2.22. The number of carbonyl (C=O) groups excluding carboxylic acids is 3. The molecule has 3 rings (SSSR count). The number of rotatable bonds is 5. The third-order valence-electron chi connectivity index (χ3n) is 4.65. The maximum absolute atomic E-state index is 12.4. The summed E-state index contributed by atoms with van der Waals surface area (Å²) < 4.78 is 0. The first-order chi connectivity index (χ1) is 12.0. The van der Waals surface area contributed by atoms with Gasteiger partial charge in [-0.3, -0.25) is 24.2 Å². The molecule has 6 nitrogen and oxygen atoms in total. The van der Waals surface area contributed by atoms with Crippen LogP contribution in [-0.2, 0) is 4.79 Å². The molecule has 0 aliphatic carbocycles. The lowest BCUT2D eigenvalue weighted by Gasteiger charge is -2.35. The average Bonchev–Trinajstić information content (AvgIpc) is 2.84. The Balaban J connectivity index is 1.51. The largest absolute Gasteiger partial charge is 0.340 e. The fourth-order valence-corrected chi connectivity index (χ4v) is 3.34. The van der Waals surface area contributed by atoms with Crippen molar-refractivity contribution in [2.24, 2.45) is 0 Å². The van der Waals surface area contributed by atoms with Crippen LogP contribution in [0.15, 0.2) is 36.4 Å². The van der Waals surface area contributed by atoms with Crippen molar-refractivity contribution in [2.75, 3.05) is 39.3 Å². The lowest BCUT2D eigenvalue weighted by molar-refractivity contribution is -0.132. The molecule has 0 radical (unpaired) electrons. The number of imide groups is 1. The first-order valence-electron chi connectivity index (χ1n) is 8.57. The Morgan fingerprint density at radius 3 is 2.12 bits per heavy atom. The summed E-state index contributed by atoms with van der Waals surface area (Å²) in [4.78, 5) is 42.3. The first-order valence-corrected chi connectivity index (χ1v) is 8.57.